The van der Waals surface area contributed by atoms with Crippen molar-refractivity contribution in [3.05, 3.63) is 77.6 Å². The molecule has 3 aliphatic rings. The van der Waals surface area contributed by atoms with Gasteiger partial charge in [0.05, 0.1) is 36.7 Å². The number of likely N-dealkylation sites (tertiary alicyclic amines) is 1. The predicted molar refractivity (Wildman–Crippen MR) is 116 cm³/mol. The summed E-state index contributed by atoms with van der Waals surface area (Å²) in [6.45, 7) is 3.63. The minimum absolute atomic E-state index is 0.0311. The molecule has 2 fully saturated rings. The number of nitrogens with zero attached hydrogens (tertiary/aromatic N) is 3. The van der Waals surface area contributed by atoms with Crippen LogP contribution in [0.4, 0.5) is 0 Å². The third-order valence-corrected chi connectivity index (χ3v) is 6.76. The molecule has 1 spiro atoms. The van der Waals surface area contributed by atoms with Gasteiger partial charge in [0, 0.05) is 19.8 Å². The number of carbonyl (C=O) groups is 2. The number of aryl methyl sites for hydroxylation is 1. The lowest BCUT2D eigenvalue weighted by Gasteiger charge is -2.27. The number of amides is 2. The molecule has 2 aromatic rings. The van der Waals surface area contributed by atoms with Crippen LogP contribution in [0.5, 0.6) is 0 Å². The first kappa shape index (κ1) is 19.9. The molecule has 4 heterocycles. The Morgan fingerprint density at radius 1 is 1.26 bits per heavy atom. The second kappa shape index (κ2) is 7.61. The average molecular weight is 418 g/mol. The third-order valence-electron chi connectivity index (χ3n) is 6.76. The zero-order chi connectivity index (χ0) is 21.6. The lowest BCUT2D eigenvalue weighted by atomic mass is 9.76. The molecular weight excluding hydrogens is 390 g/mol. The summed E-state index contributed by atoms with van der Waals surface area (Å²) in [6, 6.07) is 14.1. The molecule has 1 aromatic heterocycles. The van der Waals surface area contributed by atoms with Gasteiger partial charge in [-0.25, -0.2) is 0 Å². The molecule has 31 heavy (non-hydrogen) atoms. The van der Waals surface area contributed by atoms with Crippen molar-refractivity contribution in [2.24, 2.45) is 11.8 Å². The van der Waals surface area contributed by atoms with Gasteiger partial charge >= 0.3 is 0 Å². The lowest BCUT2D eigenvalue weighted by molar-refractivity contribution is -0.142. The van der Waals surface area contributed by atoms with Crippen LogP contribution in [0.3, 0.4) is 0 Å². The molecule has 5 rings (SSSR count). The van der Waals surface area contributed by atoms with Crippen LogP contribution in [-0.2, 0) is 27.3 Å². The van der Waals surface area contributed by atoms with Gasteiger partial charge in [-0.2, -0.15) is 0 Å². The highest BCUT2D eigenvalue weighted by Crippen LogP contribution is 2.52. The topological polar surface area (TPSA) is 62.7 Å². The van der Waals surface area contributed by atoms with Gasteiger partial charge in [0.15, 0.2) is 0 Å². The molecule has 1 aromatic carbocycles. The number of benzene rings is 1. The van der Waals surface area contributed by atoms with E-state index < -0.39 is 17.4 Å². The zero-order valence-electron chi connectivity index (χ0n) is 17.9. The fraction of sp³-hybridized carbons (Fsp3) is 0.400. The quantitative estimate of drug-likeness (QED) is 0.677. The van der Waals surface area contributed by atoms with Crippen LogP contribution in [0, 0.1) is 18.8 Å². The minimum atomic E-state index is -0.665. The molecule has 2 amide bonds. The van der Waals surface area contributed by atoms with E-state index in [-0.39, 0.29) is 17.9 Å². The van der Waals surface area contributed by atoms with E-state index in [2.05, 4.69) is 36.2 Å². The van der Waals surface area contributed by atoms with Crippen molar-refractivity contribution in [3.63, 3.8) is 0 Å². The van der Waals surface area contributed by atoms with Crippen molar-refractivity contribution >= 4 is 11.8 Å². The smallest absolute Gasteiger partial charge is 0.230 e. The monoisotopic (exact) mass is 417 g/mol. The van der Waals surface area contributed by atoms with Crippen LogP contribution in [0.15, 0.2) is 60.8 Å². The maximum Gasteiger partial charge on any atom is 0.230 e. The van der Waals surface area contributed by atoms with E-state index in [1.54, 1.807) is 18.1 Å². The fourth-order valence-corrected chi connectivity index (χ4v) is 5.14. The molecule has 6 heteroatoms. The molecular formula is C25H27N3O3. The maximum absolute atomic E-state index is 13.4. The second-order valence-corrected chi connectivity index (χ2v) is 8.91. The van der Waals surface area contributed by atoms with Crippen LogP contribution in [0.1, 0.15) is 16.8 Å². The Kier molecular flexibility index (Phi) is 4.89. The number of hydrogen-bond donors (Lipinski definition) is 0. The summed E-state index contributed by atoms with van der Waals surface area (Å²) in [5.74, 6) is -0.945. The molecule has 3 aliphatic heterocycles. The summed E-state index contributed by atoms with van der Waals surface area (Å²) >= 11 is 0. The van der Waals surface area contributed by atoms with Gasteiger partial charge < -0.3 is 14.5 Å². The van der Waals surface area contributed by atoms with Gasteiger partial charge in [0.2, 0.25) is 11.8 Å². The Balaban J connectivity index is 1.30. The standard InChI is InChI=1S/C25H27N3O3/c1-17-6-8-18(9-7-17)11-14-28-16-25-12-10-20(31-25)21(22(25)24(28)30)23(29)27(2)15-19-5-3-4-13-26-19/h3-10,12-13,20-22H,11,14-16H2,1-2H3/t20-,21+,22-,25-/m0/s1. The van der Waals surface area contributed by atoms with E-state index in [1.807, 2.05) is 35.3 Å². The van der Waals surface area contributed by atoms with Crippen LogP contribution < -0.4 is 0 Å². The molecule has 0 unspecified atom stereocenters. The highest BCUT2D eigenvalue weighted by molar-refractivity contribution is 5.93. The van der Waals surface area contributed by atoms with Crippen LogP contribution in [-0.4, -0.2) is 58.4 Å². The Labute approximate surface area is 182 Å². The normalized spacial score (nSPS) is 28.3. The van der Waals surface area contributed by atoms with E-state index in [1.165, 1.54) is 11.1 Å². The Morgan fingerprint density at radius 3 is 2.81 bits per heavy atom. The van der Waals surface area contributed by atoms with E-state index in [4.69, 9.17) is 4.74 Å². The minimum Gasteiger partial charge on any atom is -0.360 e. The van der Waals surface area contributed by atoms with E-state index in [0.717, 1.165) is 12.1 Å². The van der Waals surface area contributed by atoms with Crippen LogP contribution in [0.25, 0.3) is 0 Å². The number of aromatic nitrogens is 1. The summed E-state index contributed by atoms with van der Waals surface area (Å²) in [5.41, 5.74) is 2.59. The molecule has 0 saturated carbocycles. The van der Waals surface area contributed by atoms with Crippen molar-refractivity contribution in [2.45, 2.75) is 31.6 Å². The molecule has 160 valence electrons. The number of hydrogen-bond acceptors (Lipinski definition) is 4. The Morgan fingerprint density at radius 2 is 2.06 bits per heavy atom. The highest BCUT2D eigenvalue weighted by Gasteiger charge is 2.66. The summed E-state index contributed by atoms with van der Waals surface area (Å²) < 4.78 is 6.25. The predicted octanol–water partition coefficient (Wildman–Crippen LogP) is 2.37. The van der Waals surface area contributed by atoms with Gasteiger partial charge in [-0.3, -0.25) is 14.6 Å². The van der Waals surface area contributed by atoms with Gasteiger partial charge in [0.1, 0.15) is 5.60 Å². The van der Waals surface area contributed by atoms with Crippen molar-refractivity contribution in [3.8, 4) is 0 Å². The van der Waals surface area contributed by atoms with Gasteiger partial charge in [-0.15, -0.1) is 0 Å². The molecule has 4 atom stereocenters. The Hall–Kier alpha value is -2.99. The first-order chi connectivity index (χ1) is 15.0. The zero-order valence-corrected chi connectivity index (χ0v) is 17.9. The number of pyridine rings is 1. The third kappa shape index (κ3) is 3.45. The van der Waals surface area contributed by atoms with Crippen LogP contribution >= 0.6 is 0 Å². The van der Waals surface area contributed by atoms with E-state index in [0.29, 0.717) is 19.6 Å². The maximum atomic E-state index is 13.4. The second-order valence-electron chi connectivity index (χ2n) is 8.91. The first-order valence-electron chi connectivity index (χ1n) is 10.8. The first-order valence-corrected chi connectivity index (χ1v) is 10.8. The summed E-state index contributed by atoms with van der Waals surface area (Å²) in [7, 11) is 1.77. The number of carbonyl (C=O) groups excluding carboxylic acids is 2. The molecule has 2 bridgehead atoms. The average Bonchev–Trinajstić information content (AvgIpc) is 3.41. The number of fused-ring (bicyclic) bond motifs is 1. The molecule has 6 nitrogen and oxygen atoms in total. The lowest BCUT2D eigenvalue weighted by Crippen LogP contribution is -2.44. The molecule has 0 N–H and O–H groups in total. The van der Waals surface area contributed by atoms with Crippen molar-refractivity contribution in [1.29, 1.82) is 0 Å². The van der Waals surface area contributed by atoms with Gasteiger partial charge in [0.25, 0.3) is 0 Å². The van der Waals surface area contributed by atoms with Crippen molar-refractivity contribution in [2.75, 3.05) is 20.1 Å². The van der Waals surface area contributed by atoms with Crippen molar-refractivity contribution in [1.82, 2.24) is 14.8 Å². The Bertz CT molecular complexity index is 1020. The van der Waals surface area contributed by atoms with Crippen LogP contribution in [0.2, 0.25) is 0 Å². The van der Waals surface area contributed by atoms with E-state index in [9.17, 15) is 9.59 Å². The van der Waals surface area contributed by atoms with Gasteiger partial charge in [-0.05, 0) is 31.0 Å². The molecule has 0 aliphatic carbocycles. The summed E-state index contributed by atoms with van der Waals surface area (Å²) in [6.07, 6.45) is 6.16. The summed E-state index contributed by atoms with van der Waals surface area (Å²) in [4.78, 5) is 34.6. The highest BCUT2D eigenvalue weighted by atomic mass is 16.5. The van der Waals surface area contributed by atoms with Crippen molar-refractivity contribution < 1.29 is 14.3 Å². The summed E-state index contributed by atoms with van der Waals surface area (Å²) in [5, 5.41) is 0. The fourth-order valence-electron chi connectivity index (χ4n) is 5.14. The number of ether oxygens (including phenoxy) is 1. The molecule has 2 saturated heterocycles. The number of rotatable bonds is 6. The SMILES string of the molecule is Cc1ccc(CCN2C[C@]34C=C[C@H](O3)[C@@H](C(=O)N(C)Cc3ccccn3)[C@H]4C2=O)cc1. The van der Waals surface area contributed by atoms with E-state index >= 15 is 0 Å². The van der Waals surface area contributed by atoms with Gasteiger partial charge in [-0.1, -0.05) is 48.0 Å². The molecule has 0 radical (unpaired) electrons. The largest absolute Gasteiger partial charge is 0.360 e.